The molecule has 1 N–H and O–H groups in total. The molecule has 0 rings (SSSR count). The minimum Gasteiger partial charge on any atom is -0.466 e. The number of hydrogen-bond acceptors (Lipinski definition) is 3. The number of rotatable bonds is 6. The van der Waals surface area contributed by atoms with Crippen LogP contribution in [0.4, 0.5) is 0 Å². The van der Waals surface area contributed by atoms with Crippen molar-refractivity contribution >= 4 is 11.9 Å². The van der Waals surface area contributed by atoms with Gasteiger partial charge in [-0.3, -0.25) is 9.59 Å². The van der Waals surface area contributed by atoms with Gasteiger partial charge >= 0.3 is 5.97 Å². The summed E-state index contributed by atoms with van der Waals surface area (Å²) in [6, 6.07) is 0. The van der Waals surface area contributed by atoms with E-state index in [0.29, 0.717) is 13.2 Å². The van der Waals surface area contributed by atoms with Gasteiger partial charge in [-0.25, -0.2) is 0 Å². The zero-order valence-corrected chi connectivity index (χ0v) is 7.84. The second kappa shape index (κ2) is 7.34. The van der Waals surface area contributed by atoms with Crippen LogP contribution >= 0.6 is 0 Å². The number of ether oxygens (including phenoxy) is 1. The van der Waals surface area contributed by atoms with Gasteiger partial charge in [0.25, 0.3) is 0 Å². The van der Waals surface area contributed by atoms with E-state index in [4.69, 9.17) is 4.74 Å². The largest absolute Gasteiger partial charge is 0.466 e. The molecule has 0 bridgehead atoms. The van der Waals surface area contributed by atoms with Gasteiger partial charge in [0.2, 0.25) is 5.91 Å². The van der Waals surface area contributed by atoms with Gasteiger partial charge in [-0.15, -0.1) is 0 Å². The topological polar surface area (TPSA) is 55.4 Å². The van der Waals surface area contributed by atoms with Crippen LogP contribution in [-0.4, -0.2) is 25.0 Å². The van der Waals surface area contributed by atoms with Gasteiger partial charge in [0.15, 0.2) is 0 Å². The summed E-state index contributed by atoms with van der Waals surface area (Å²) in [4.78, 5) is 21.0. The van der Waals surface area contributed by atoms with Crippen molar-refractivity contribution in [1.82, 2.24) is 5.32 Å². The predicted molar refractivity (Wildman–Crippen MR) is 49.1 cm³/mol. The molecule has 0 aromatic rings. The summed E-state index contributed by atoms with van der Waals surface area (Å²) in [6.45, 7) is 5.70. The second-order valence-corrected chi connectivity index (χ2v) is 2.54. The molecule has 0 aromatic carbocycles. The number of amides is 1. The Balaban J connectivity index is 3.12. The van der Waals surface area contributed by atoms with Gasteiger partial charge in [-0.1, -0.05) is 6.58 Å². The summed E-state index contributed by atoms with van der Waals surface area (Å²) in [5, 5.41) is 2.62. The summed E-state index contributed by atoms with van der Waals surface area (Å²) in [6.07, 6.45) is 2.79. The van der Waals surface area contributed by atoms with Crippen molar-refractivity contribution < 1.29 is 14.3 Å². The lowest BCUT2D eigenvalue weighted by Gasteiger charge is -2.02. The van der Waals surface area contributed by atoms with Crippen LogP contribution in [-0.2, 0) is 14.3 Å². The van der Waals surface area contributed by atoms with Gasteiger partial charge < -0.3 is 10.1 Å². The van der Waals surface area contributed by atoms with Gasteiger partial charge in [0.05, 0.1) is 6.61 Å². The third-order valence-corrected chi connectivity index (χ3v) is 1.36. The van der Waals surface area contributed by atoms with Crippen molar-refractivity contribution in [2.75, 3.05) is 13.2 Å². The molecule has 0 fully saturated rings. The van der Waals surface area contributed by atoms with E-state index in [1.54, 1.807) is 0 Å². The molecule has 0 radical (unpaired) electrons. The normalized spacial score (nSPS) is 9.00. The van der Waals surface area contributed by atoms with E-state index in [2.05, 4.69) is 11.9 Å². The summed E-state index contributed by atoms with van der Waals surface area (Å²) < 4.78 is 4.70. The molecular formula is C9H15NO3. The van der Waals surface area contributed by atoms with E-state index in [-0.39, 0.29) is 11.9 Å². The Labute approximate surface area is 78.0 Å². The van der Waals surface area contributed by atoms with E-state index in [0.717, 1.165) is 12.8 Å². The Hall–Kier alpha value is -1.32. The van der Waals surface area contributed by atoms with Crippen molar-refractivity contribution in [3.05, 3.63) is 12.7 Å². The maximum absolute atomic E-state index is 10.6. The Bertz CT molecular complexity index is 189. The Morgan fingerprint density at radius 3 is 2.69 bits per heavy atom. The van der Waals surface area contributed by atoms with Crippen molar-refractivity contribution in [2.24, 2.45) is 0 Å². The first-order valence-corrected chi connectivity index (χ1v) is 4.20. The highest BCUT2D eigenvalue weighted by atomic mass is 16.5. The molecule has 1 amide bonds. The average molecular weight is 185 g/mol. The smallest absolute Gasteiger partial charge is 0.302 e. The molecule has 0 aliphatic rings. The van der Waals surface area contributed by atoms with E-state index in [1.165, 1.54) is 13.0 Å². The molecule has 4 heteroatoms. The number of esters is 1. The van der Waals surface area contributed by atoms with Crippen molar-refractivity contribution in [1.29, 1.82) is 0 Å². The highest BCUT2D eigenvalue weighted by Gasteiger charge is 1.94. The lowest BCUT2D eigenvalue weighted by Crippen LogP contribution is -2.22. The van der Waals surface area contributed by atoms with Crippen LogP contribution < -0.4 is 5.32 Å². The van der Waals surface area contributed by atoms with E-state index < -0.39 is 0 Å². The molecular weight excluding hydrogens is 170 g/mol. The van der Waals surface area contributed by atoms with Crippen LogP contribution in [0, 0.1) is 0 Å². The van der Waals surface area contributed by atoms with Crippen LogP contribution in [0.15, 0.2) is 12.7 Å². The first-order valence-electron chi connectivity index (χ1n) is 4.20. The number of carbonyl (C=O) groups is 2. The van der Waals surface area contributed by atoms with Gasteiger partial charge in [0, 0.05) is 13.5 Å². The standard InChI is InChI=1S/C9H15NO3/c1-3-9(12)10-6-4-5-7-13-8(2)11/h3H,1,4-7H2,2H3,(H,10,12). The zero-order chi connectivity index (χ0) is 10.1. The monoisotopic (exact) mass is 185 g/mol. The molecule has 0 unspecified atom stereocenters. The highest BCUT2D eigenvalue weighted by molar-refractivity contribution is 5.86. The van der Waals surface area contributed by atoms with Gasteiger partial charge in [-0.2, -0.15) is 0 Å². The van der Waals surface area contributed by atoms with Crippen molar-refractivity contribution in [2.45, 2.75) is 19.8 Å². The molecule has 0 saturated heterocycles. The van der Waals surface area contributed by atoms with Gasteiger partial charge in [-0.05, 0) is 18.9 Å². The Kier molecular flexibility index (Phi) is 6.59. The molecule has 0 aliphatic heterocycles. The van der Waals surface area contributed by atoms with Gasteiger partial charge in [0.1, 0.15) is 0 Å². The summed E-state index contributed by atoms with van der Waals surface area (Å²) in [7, 11) is 0. The zero-order valence-electron chi connectivity index (χ0n) is 7.84. The quantitative estimate of drug-likeness (QED) is 0.375. The molecule has 0 saturated carbocycles. The number of unbranched alkanes of at least 4 members (excludes halogenated alkanes) is 1. The predicted octanol–water partition coefficient (Wildman–Crippen LogP) is 0.632. The van der Waals surface area contributed by atoms with Crippen molar-refractivity contribution in [3.8, 4) is 0 Å². The molecule has 0 aromatic heterocycles. The van der Waals surface area contributed by atoms with E-state index in [1.807, 2.05) is 0 Å². The van der Waals surface area contributed by atoms with Crippen LogP contribution in [0.3, 0.4) is 0 Å². The van der Waals surface area contributed by atoms with E-state index in [9.17, 15) is 9.59 Å². The minimum atomic E-state index is -0.268. The van der Waals surface area contributed by atoms with Crippen LogP contribution in [0.25, 0.3) is 0 Å². The van der Waals surface area contributed by atoms with Crippen LogP contribution in [0.2, 0.25) is 0 Å². The molecule has 0 heterocycles. The maximum atomic E-state index is 10.6. The molecule has 0 aliphatic carbocycles. The minimum absolute atomic E-state index is 0.174. The third kappa shape index (κ3) is 8.59. The van der Waals surface area contributed by atoms with Crippen molar-refractivity contribution in [3.63, 3.8) is 0 Å². The third-order valence-electron chi connectivity index (χ3n) is 1.36. The van der Waals surface area contributed by atoms with E-state index >= 15 is 0 Å². The van der Waals surface area contributed by atoms with Crippen LogP contribution in [0.5, 0.6) is 0 Å². The molecule has 0 atom stereocenters. The molecule has 74 valence electrons. The number of carbonyl (C=O) groups excluding carboxylic acids is 2. The molecule has 0 spiro atoms. The summed E-state index contributed by atoms with van der Waals surface area (Å²) >= 11 is 0. The number of hydrogen-bond donors (Lipinski definition) is 1. The SMILES string of the molecule is C=CC(=O)NCCCCOC(C)=O. The molecule has 4 nitrogen and oxygen atoms in total. The second-order valence-electron chi connectivity index (χ2n) is 2.54. The number of nitrogens with one attached hydrogen (secondary N) is 1. The molecule has 13 heavy (non-hydrogen) atoms. The van der Waals surface area contributed by atoms with Crippen LogP contribution in [0.1, 0.15) is 19.8 Å². The summed E-state index contributed by atoms with van der Waals surface area (Å²) in [5.41, 5.74) is 0. The highest BCUT2D eigenvalue weighted by Crippen LogP contribution is 1.88. The summed E-state index contributed by atoms with van der Waals surface area (Å²) in [5.74, 6) is -0.442. The average Bonchev–Trinajstić information content (AvgIpc) is 2.10. The maximum Gasteiger partial charge on any atom is 0.302 e. The first-order chi connectivity index (χ1) is 6.16. The lowest BCUT2D eigenvalue weighted by atomic mass is 10.3. The first kappa shape index (κ1) is 11.7. The Morgan fingerprint density at radius 2 is 2.15 bits per heavy atom. The lowest BCUT2D eigenvalue weighted by molar-refractivity contribution is -0.141. The fraction of sp³-hybridized carbons (Fsp3) is 0.556. The Morgan fingerprint density at radius 1 is 1.46 bits per heavy atom. The fourth-order valence-electron chi connectivity index (χ4n) is 0.727. The fourth-order valence-corrected chi connectivity index (χ4v) is 0.727.